The van der Waals surface area contributed by atoms with E-state index in [1.165, 1.54) is 0 Å². The third-order valence-corrected chi connectivity index (χ3v) is 3.27. The van der Waals surface area contributed by atoms with Crippen LogP contribution < -0.4 is 10.1 Å². The Morgan fingerprint density at radius 1 is 1.32 bits per heavy atom. The molecule has 1 atom stereocenters. The number of hydrogen-bond donors (Lipinski definition) is 1. The van der Waals surface area contributed by atoms with Gasteiger partial charge in [-0.15, -0.1) is 0 Å². The van der Waals surface area contributed by atoms with Gasteiger partial charge < -0.3 is 14.6 Å². The molecule has 0 aliphatic heterocycles. The molecule has 118 valence electrons. The van der Waals surface area contributed by atoms with Crippen molar-refractivity contribution in [1.29, 1.82) is 0 Å². The molecule has 1 aromatic heterocycles. The minimum Gasteiger partial charge on any atom is -0.481 e. The molecular weight excluding hydrogens is 280 g/mol. The van der Waals surface area contributed by atoms with Crippen molar-refractivity contribution in [3.05, 3.63) is 41.7 Å². The van der Waals surface area contributed by atoms with Crippen LogP contribution in [-0.4, -0.2) is 17.2 Å². The number of para-hydroxylation sites is 1. The maximum Gasteiger partial charge on any atom is 0.266 e. The standard InChI is InChI=1S/C17H22N2O3/c1-11-8-6-7-9-13(11)21-12(2)16(20)18-15-10-14(22-19-15)17(3,4)5/h6-10,12H,1-5H3,(H,18,19,20)/t12-/m0/s1. The minimum atomic E-state index is -0.629. The highest BCUT2D eigenvalue weighted by Crippen LogP contribution is 2.24. The van der Waals surface area contributed by atoms with E-state index in [1.807, 2.05) is 52.0 Å². The van der Waals surface area contributed by atoms with E-state index in [1.54, 1.807) is 13.0 Å². The molecule has 5 heteroatoms. The molecule has 5 nitrogen and oxygen atoms in total. The zero-order chi connectivity index (χ0) is 16.3. The van der Waals surface area contributed by atoms with Gasteiger partial charge in [-0.3, -0.25) is 4.79 Å². The van der Waals surface area contributed by atoms with Crippen LogP contribution in [0.1, 0.15) is 39.0 Å². The van der Waals surface area contributed by atoms with Gasteiger partial charge in [0.15, 0.2) is 11.9 Å². The lowest BCUT2D eigenvalue weighted by molar-refractivity contribution is -0.122. The largest absolute Gasteiger partial charge is 0.481 e. The molecule has 2 rings (SSSR count). The molecule has 0 saturated carbocycles. The van der Waals surface area contributed by atoms with Gasteiger partial charge in [0.2, 0.25) is 0 Å². The van der Waals surface area contributed by atoms with Gasteiger partial charge in [-0.25, -0.2) is 0 Å². The average molecular weight is 302 g/mol. The molecular formula is C17H22N2O3. The van der Waals surface area contributed by atoms with Crippen molar-refractivity contribution in [2.24, 2.45) is 0 Å². The van der Waals surface area contributed by atoms with E-state index in [0.29, 0.717) is 11.6 Å². The molecule has 0 unspecified atom stereocenters. The van der Waals surface area contributed by atoms with Gasteiger partial charge in [0, 0.05) is 11.5 Å². The summed E-state index contributed by atoms with van der Waals surface area (Å²) < 4.78 is 10.9. The van der Waals surface area contributed by atoms with Crippen LogP contribution in [0.15, 0.2) is 34.9 Å². The predicted molar refractivity (Wildman–Crippen MR) is 85.1 cm³/mol. The minimum absolute atomic E-state index is 0.154. The topological polar surface area (TPSA) is 64.4 Å². The van der Waals surface area contributed by atoms with Gasteiger partial charge >= 0.3 is 0 Å². The van der Waals surface area contributed by atoms with Crippen LogP contribution in [0, 0.1) is 6.92 Å². The molecule has 0 fully saturated rings. The SMILES string of the molecule is Cc1ccccc1O[C@@H](C)C(=O)Nc1cc(C(C)(C)C)on1. The van der Waals surface area contributed by atoms with E-state index in [9.17, 15) is 4.79 Å². The van der Waals surface area contributed by atoms with Crippen LogP contribution >= 0.6 is 0 Å². The molecule has 2 aromatic rings. The number of aryl methyl sites for hydroxylation is 1. The first-order chi connectivity index (χ1) is 10.3. The lowest BCUT2D eigenvalue weighted by Crippen LogP contribution is -2.30. The monoisotopic (exact) mass is 302 g/mol. The predicted octanol–water partition coefficient (Wildman–Crippen LogP) is 3.69. The molecule has 0 radical (unpaired) electrons. The van der Waals surface area contributed by atoms with E-state index in [4.69, 9.17) is 9.26 Å². The number of aromatic nitrogens is 1. The Morgan fingerprint density at radius 2 is 2.00 bits per heavy atom. The Labute approximate surface area is 130 Å². The van der Waals surface area contributed by atoms with Crippen LogP contribution in [-0.2, 0) is 10.2 Å². The third kappa shape index (κ3) is 3.87. The first-order valence-electron chi connectivity index (χ1n) is 7.27. The van der Waals surface area contributed by atoms with Gasteiger partial charge in [0.1, 0.15) is 11.5 Å². The Kier molecular flexibility index (Phi) is 4.54. The zero-order valence-electron chi connectivity index (χ0n) is 13.6. The van der Waals surface area contributed by atoms with E-state index >= 15 is 0 Å². The van der Waals surface area contributed by atoms with Crippen molar-refractivity contribution >= 4 is 11.7 Å². The van der Waals surface area contributed by atoms with Crippen molar-refractivity contribution in [2.75, 3.05) is 5.32 Å². The number of nitrogens with zero attached hydrogens (tertiary/aromatic N) is 1. The van der Waals surface area contributed by atoms with E-state index < -0.39 is 6.10 Å². The summed E-state index contributed by atoms with van der Waals surface area (Å²) in [5.41, 5.74) is 0.831. The summed E-state index contributed by atoms with van der Waals surface area (Å²) >= 11 is 0. The number of ether oxygens (including phenoxy) is 1. The summed E-state index contributed by atoms with van der Waals surface area (Å²) in [5.74, 6) is 1.54. The summed E-state index contributed by atoms with van der Waals surface area (Å²) in [6.07, 6.45) is -0.629. The van der Waals surface area contributed by atoms with Gasteiger partial charge in [-0.2, -0.15) is 0 Å². The molecule has 0 aliphatic carbocycles. The molecule has 1 heterocycles. The fraction of sp³-hybridized carbons (Fsp3) is 0.412. The lowest BCUT2D eigenvalue weighted by Gasteiger charge is -2.15. The molecule has 1 aromatic carbocycles. The maximum atomic E-state index is 12.2. The molecule has 0 bridgehead atoms. The van der Waals surface area contributed by atoms with E-state index in [0.717, 1.165) is 11.3 Å². The normalized spacial score (nSPS) is 12.8. The first-order valence-corrected chi connectivity index (χ1v) is 7.27. The third-order valence-electron chi connectivity index (χ3n) is 3.27. The Balaban J connectivity index is 2.00. The number of rotatable bonds is 4. The Bertz CT molecular complexity index is 656. The van der Waals surface area contributed by atoms with Gasteiger partial charge in [0.05, 0.1) is 0 Å². The van der Waals surface area contributed by atoms with Crippen LogP contribution in [0.25, 0.3) is 0 Å². The highest BCUT2D eigenvalue weighted by atomic mass is 16.5. The average Bonchev–Trinajstić information content (AvgIpc) is 2.89. The number of nitrogens with one attached hydrogen (secondary N) is 1. The zero-order valence-corrected chi connectivity index (χ0v) is 13.6. The Hall–Kier alpha value is -2.30. The molecule has 0 saturated heterocycles. The summed E-state index contributed by atoms with van der Waals surface area (Å²) in [4.78, 5) is 12.2. The fourth-order valence-corrected chi connectivity index (χ4v) is 1.85. The van der Waals surface area contributed by atoms with Crippen LogP contribution in [0.3, 0.4) is 0 Å². The summed E-state index contributed by atoms with van der Waals surface area (Å²) in [5, 5.41) is 6.57. The van der Waals surface area contributed by atoms with Gasteiger partial charge in [0.25, 0.3) is 5.91 Å². The summed E-state index contributed by atoms with van der Waals surface area (Å²) in [6, 6.07) is 9.31. The number of hydrogen-bond acceptors (Lipinski definition) is 4. The fourth-order valence-electron chi connectivity index (χ4n) is 1.85. The van der Waals surface area contributed by atoms with Crippen molar-refractivity contribution in [3.8, 4) is 5.75 Å². The van der Waals surface area contributed by atoms with Gasteiger partial charge in [-0.05, 0) is 25.5 Å². The van der Waals surface area contributed by atoms with Crippen molar-refractivity contribution in [2.45, 2.75) is 46.1 Å². The number of anilines is 1. The quantitative estimate of drug-likeness (QED) is 0.935. The molecule has 1 N–H and O–H groups in total. The molecule has 0 aliphatic rings. The molecule has 22 heavy (non-hydrogen) atoms. The highest BCUT2D eigenvalue weighted by Gasteiger charge is 2.22. The highest BCUT2D eigenvalue weighted by molar-refractivity contribution is 5.93. The second-order valence-electron chi connectivity index (χ2n) is 6.34. The molecule has 1 amide bonds. The van der Waals surface area contributed by atoms with Crippen LogP contribution in [0.2, 0.25) is 0 Å². The van der Waals surface area contributed by atoms with Crippen molar-refractivity contribution in [1.82, 2.24) is 5.16 Å². The maximum absolute atomic E-state index is 12.2. The van der Waals surface area contributed by atoms with E-state index in [-0.39, 0.29) is 11.3 Å². The summed E-state index contributed by atoms with van der Waals surface area (Å²) in [6.45, 7) is 9.69. The molecule has 0 spiro atoms. The number of benzene rings is 1. The smallest absolute Gasteiger partial charge is 0.266 e. The van der Waals surface area contributed by atoms with Crippen LogP contribution in [0.4, 0.5) is 5.82 Å². The number of carbonyl (C=O) groups is 1. The number of carbonyl (C=O) groups excluding carboxylic acids is 1. The van der Waals surface area contributed by atoms with Crippen molar-refractivity contribution < 1.29 is 14.1 Å². The Morgan fingerprint density at radius 3 is 2.59 bits per heavy atom. The van der Waals surface area contributed by atoms with Crippen molar-refractivity contribution in [3.63, 3.8) is 0 Å². The second kappa shape index (κ2) is 6.22. The van der Waals surface area contributed by atoms with E-state index in [2.05, 4.69) is 10.5 Å². The lowest BCUT2D eigenvalue weighted by atomic mass is 9.93. The van der Waals surface area contributed by atoms with Gasteiger partial charge in [-0.1, -0.05) is 44.1 Å². The summed E-state index contributed by atoms with van der Waals surface area (Å²) in [7, 11) is 0. The first kappa shape index (κ1) is 16.1. The second-order valence-corrected chi connectivity index (χ2v) is 6.34. The number of amides is 1. The van der Waals surface area contributed by atoms with Crippen LogP contribution in [0.5, 0.6) is 5.75 Å².